The van der Waals surface area contributed by atoms with Crippen LogP contribution in [0.2, 0.25) is 0 Å². The Labute approximate surface area is 86.8 Å². The number of thiophene rings is 1. The van der Waals surface area contributed by atoms with Gasteiger partial charge in [-0.2, -0.15) is 0 Å². The van der Waals surface area contributed by atoms with Crippen molar-refractivity contribution in [3.8, 4) is 0 Å². The molecular weight excluding hydrogens is 196 g/mol. The Balaban J connectivity index is 2.28. The summed E-state index contributed by atoms with van der Waals surface area (Å²) in [6.45, 7) is 3.89. The van der Waals surface area contributed by atoms with E-state index >= 15 is 0 Å². The van der Waals surface area contributed by atoms with Crippen molar-refractivity contribution in [2.45, 2.75) is 20.0 Å². The minimum atomic E-state index is -0.623. The number of hydrogen-bond donors (Lipinski definition) is 1. The maximum absolute atomic E-state index is 9.94. The molecule has 0 aromatic carbocycles. The lowest BCUT2D eigenvalue weighted by atomic mass is 10.2. The number of aryl methyl sites for hydroxylation is 2. The van der Waals surface area contributed by atoms with Crippen LogP contribution in [0, 0.1) is 13.8 Å². The van der Waals surface area contributed by atoms with Crippen LogP contribution in [-0.2, 0) is 0 Å². The van der Waals surface area contributed by atoms with Gasteiger partial charge in [-0.15, -0.1) is 11.3 Å². The van der Waals surface area contributed by atoms with E-state index in [2.05, 4.69) is 0 Å². The van der Waals surface area contributed by atoms with Crippen LogP contribution < -0.4 is 0 Å². The second-order valence-corrected chi connectivity index (χ2v) is 4.62. The predicted molar refractivity (Wildman–Crippen MR) is 56.6 cm³/mol. The van der Waals surface area contributed by atoms with E-state index in [4.69, 9.17) is 4.42 Å². The lowest BCUT2D eigenvalue weighted by molar-refractivity contribution is 0.191. The van der Waals surface area contributed by atoms with Crippen molar-refractivity contribution in [2.75, 3.05) is 0 Å². The van der Waals surface area contributed by atoms with E-state index in [1.54, 1.807) is 11.3 Å². The van der Waals surface area contributed by atoms with Crippen LogP contribution in [0.4, 0.5) is 0 Å². The van der Waals surface area contributed by atoms with E-state index in [9.17, 15) is 5.11 Å². The molecule has 14 heavy (non-hydrogen) atoms. The van der Waals surface area contributed by atoms with Gasteiger partial charge in [0.1, 0.15) is 17.6 Å². The van der Waals surface area contributed by atoms with E-state index in [0.717, 1.165) is 10.6 Å². The summed E-state index contributed by atoms with van der Waals surface area (Å²) < 4.78 is 5.37. The minimum absolute atomic E-state index is 0.615. The fourth-order valence-corrected chi connectivity index (χ4v) is 2.21. The Morgan fingerprint density at radius 1 is 1.21 bits per heavy atom. The fourth-order valence-electron chi connectivity index (χ4n) is 1.34. The van der Waals surface area contributed by atoms with Gasteiger partial charge in [0.25, 0.3) is 0 Å². The third-order valence-corrected chi connectivity index (χ3v) is 3.11. The average Bonchev–Trinajstić information content (AvgIpc) is 2.73. The first-order valence-corrected chi connectivity index (χ1v) is 5.29. The third-order valence-electron chi connectivity index (χ3n) is 2.06. The molecule has 0 fully saturated rings. The van der Waals surface area contributed by atoms with Crippen molar-refractivity contribution >= 4 is 11.3 Å². The molecule has 2 nitrogen and oxygen atoms in total. The lowest BCUT2D eigenvalue weighted by Crippen LogP contribution is -1.93. The van der Waals surface area contributed by atoms with E-state index in [1.807, 2.05) is 38.1 Å². The summed E-state index contributed by atoms with van der Waals surface area (Å²) in [5, 5.41) is 9.94. The Kier molecular flexibility index (Phi) is 2.44. The highest BCUT2D eigenvalue weighted by molar-refractivity contribution is 7.12. The second kappa shape index (κ2) is 3.59. The maximum Gasteiger partial charge on any atom is 0.146 e. The molecule has 0 spiro atoms. The Morgan fingerprint density at radius 2 is 2.00 bits per heavy atom. The highest BCUT2D eigenvalue weighted by Gasteiger charge is 2.15. The molecule has 0 bridgehead atoms. The van der Waals surface area contributed by atoms with Crippen molar-refractivity contribution in [1.82, 2.24) is 0 Å². The van der Waals surface area contributed by atoms with Crippen LogP contribution in [0.3, 0.4) is 0 Å². The molecule has 0 aliphatic heterocycles. The normalized spacial score (nSPS) is 13.1. The molecule has 1 atom stereocenters. The number of hydrogen-bond acceptors (Lipinski definition) is 3. The van der Waals surface area contributed by atoms with Crippen LogP contribution in [0.15, 0.2) is 28.7 Å². The molecule has 2 heterocycles. The largest absolute Gasteiger partial charge is 0.463 e. The van der Waals surface area contributed by atoms with Crippen LogP contribution in [0.5, 0.6) is 0 Å². The maximum atomic E-state index is 9.94. The summed E-state index contributed by atoms with van der Waals surface area (Å²) in [5.74, 6) is 1.44. The zero-order valence-electron chi connectivity index (χ0n) is 8.15. The highest BCUT2D eigenvalue weighted by atomic mass is 32.1. The van der Waals surface area contributed by atoms with E-state index in [-0.39, 0.29) is 0 Å². The van der Waals surface area contributed by atoms with Gasteiger partial charge in [0.15, 0.2) is 0 Å². The van der Waals surface area contributed by atoms with Gasteiger partial charge in [-0.3, -0.25) is 0 Å². The molecule has 74 valence electrons. The minimum Gasteiger partial charge on any atom is -0.463 e. The van der Waals surface area contributed by atoms with Gasteiger partial charge in [-0.05, 0) is 38.1 Å². The Hall–Kier alpha value is -1.06. The zero-order valence-corrected chi connectivity index (χ0v) is 8.97. The quantitative estimate of drug-likeness (QED) is 0.823. The van der Waals surface area contributed by atoms with Gasteiger partial charge in [-0.25, -0.2) is 0 Å². The molecule has 0 amide bonds. The first kappa shape index (κ1) is 9.49. The third kappa shape index (κ3) is 1.74. The number of aliphatic hydroxyl groups is 1. The van der Waals surface area contributed by atoms with Crippen LogP contribution in [0.1, 0.15) is 27.4 Å². The summed E-state index contributed by atoms with van der Waals surface area (Å²) in [5.41, 5.74) is 0. The molecule has 0 saturated heterocycles. The first-order valence-electron chi connectivity index (χ1n) is 4.47. The Morgan fingerprint density at radius 3 is 2.50 bits per heavy atom. The average molecular weight is 208 g/mol. The molecular formula is C11H12O2S. The Bertz CT molecular complexity index is 388. The smallest absolute Gasteiger partial charge is 0.146 e. The molecule has 0 radical (unpaired) electrons. The van der Waals surface area contributed by atoms with Gasteiger partial charge < -0.3 is 9.52 Å². The van der Waals surface area contributed by atoms with Gasteiger partial charge in [0.05, 0.1) is 0 Å². The molecule has 0 aliphatic carbocycles. The molecule has 3 heteroatoms. The SMILES string of the molecule is Cc1ccc([C@H](O)c2ccc(C)s2)o1. The molecule has 0 saturated carbocycles. The zero-order chi connectivity index (χ0) is 10.1. The number of aliphatic hydroxyl groups excluding tert-OH is 1. The number of furan rings is 1. The highest BCUT2D eigenvalue weighted by Crippen LogP contribution is 2.28. The van der Waals surface area contributed by atoms with E-state index < -0.39 is 6.10 Å². The van der Waals surface area contributed by atoms with E-state index in [0.29, 0.717) is 5.76 Å². The van der Waals surface area contributed by atoms with Crippen molar-refractivity contribution in [1.29, 1.82) is 0 Å². The lowest BCUT2D eigenvalue weighted by Gasteiger charge is -2.03. The molecule has 2 aromatic heterocycles. The summed E-state index contributed by atoms with van der Waals surface area (Å²) in [4.78, 5) is 2.12. The summed E-state index contributed by atoms with van der Waals surface area (Å²) in [6.07, 6.45) is -0.623. The van der Waals surface area contributed by atoms with Crippen molar-refractivity contribution in [3.63, 3.8) is 0 Å². The van der Waals surface area contributed by atoms with Crippen molar-refractivity contribution in [3.05, 3.63) is 45.5 Å². The topological polar surface area (TPSA) is 33.4 Å². The van der Waals surface area contributed by atoms with Crippen molar-refractivity contribution in [2.24, 2.45) is 0 Å². The molecule has 1 N–H and O–H groups in total. The fraction of sp³-hybridized carbons (Fsp3) is 0.273. The van der Waals surface area contributed by atoms with Crippen LogP contribution in [0.25, 0.3) is 0 Å². The van der Waals surface area contributed by atoms with Crippen LogP contribution >= 0.6 is 11.3 Å². The summed E-state index contributed by atoms with van der Waals surface area (Å²) >= 11 is 1.59. The van der Waals surface area contributed by atoms with Crippen LogP contribution in [-0.4, -0.2) is 5.11 Å². The molecule has 0 unspecified atom stereocenters. The number of rotatable bonds is 2. The summed E-state index contributed by atoms with van der Waals surface area (Å²) in [6, 6.07) is 7.61. The van der Waals surface area contributed by atoms with Gasteiger partial charge in [0.2, 0.25) is 0 Å². The first-order chi connectivity index (χ1) is 6.66. The molecule has 0 aliphatic rings. The molecule has 2 aromatic rings. The second-order valence-electron chi connectivity index (χ2n) is 3.30. The molecule has 2 rings (SSSR count). The van der Waals surface area contributed by atoms with Gasteiger partial charge in [-0.1, -0.05) is 0 Å². The van der Waals surface area contributed by atoms with Gasteiger partial charge in [0, 0.05) is 9.75 Å². The monoisotopic (exact) mass is 208 g/mol. The van der Waals surface area contributed by atoms with E-state index in [1.165, 1.54) is 4.88 Å². The van der Waals surface area contributed by atoms with Crippen molar-refractivity contribution < 1.29 is 9.52 Å². The standard InChI is InChI=1S/C11H12O2S/c1-7-3-5-9(13-7)11(12)10-6-4-8(2)14-10/h3-6,11-12H,1-2H3/t11-/m0/s1. The van der Waals surface area contributed by atoms with Gasteiger partial charge >= 0.3 is 0 Å². The predicted octanol–water partition coefficient (Wildman–Crippen LogP) is 3.04. The summed E-state index contributed by atoms with van der Waals surface area (Å²) in [7, 11) is 0.